The van der Waals surface area contributed by atoms with E-state index in [1.807, 2.05) is 0 Å². The topological polar surface area (TPSA) is 135 Å². The van der Waals surface area contributed by atoms with Gasteiger partial charge in [-0.25, -0.2) is 18.4 Å². The first-order valence-electron chi connectivity index (χ1n) is 8.78. The lowest BCUT2D eigenvalue weighted by Crippen LogP contribution is -2.42. The van der Waals surface area contributed by atoms with E-state index in [4.69, 9.17) is 4.74 Å². The van der Waals surface area contributed by atoms with Gasteiger partial charge >= 0.3 is 5.97 Å². The van der Waals surface area contributed by atoms with Gasteiger partial charge in [-0.1, -0.05) is 0 Å². The molecule has 1 aromatic rings. The predicted octanol–water partition coefficient (Wildman–Crippen LogP) is 0.353. The number of amides is 2. The quantitative estimate of drug-likeness (QED) is 0.646. The van der Waals surface area contributed by atoms with Crippen LogP contribution in [0.2, 0.25) is 0 Å². The largest absolute Gasteiger partial charge is 0.466 e. The number of ether oxygens (including phenoxy) is 1. The number of hydrogen-bond donors (Lipinski definition) is 1. The van der Waals surface area contributed by atoms with Crippen molar-refractivity contribution in [3.8, 4) is 0 Å². The zero-order chi connectivity index (χ0) is 20.3. The van der Waals surface area contributed by atoms with Crippen molar-refractivity contribution in [3.63, 3.8) is 0 Å². The van der Waals surface area contributed by atoms with Crippen molar-refractivity contribution in [1.82, 2.24) is 9.99 Å². The number of sulfone groups is 1. The van der Waals surface area contributed by atoms with Crippen LogP contribution in [0.15, 0.2) is 10.5 Å². The fourth-order valence-electron chi connectivity index (χ4n) is 2.96. The van der Waals surface area contributed by atoms with E-state index in [2.05, 4.69) is 15.4 Å². The lowest BCUT2D eigenvalue weighted by Gasteiger charge is -2.27. The molecule has 1 fully saturated rings. The third kappa shape index (κ3) is 4.93. The van der Waals surface area contributed by atoms with Crippen LogP contribution in [0.1, 0.15) is 31.9 Å². The summed E-state index contributed by atoms with van der Waals surface area (Å²) in [6.07, 6.45) is 0.590. The number of esters is 1. The summed E-state index contributed by atoms with van der Waals surface area (Å²) in [5, 5.41) is 9.81. The van der Waals surface area contributed by atoms with Crippen LogP contribution in [-0.4, -0.2) is 66.1 Å². The number of rotatable bonds is 6. The van der Waals surface area contributed by atoms with Gasteiger partial charge in [-0.15, -0.1) is 11.3 Å². The maximum Gasteiger partial charge on any atom is 0.311 e. The fraction of sp³-hybridized carbons (Fsp3) is 0.562. The standard InChI is InChI=1S/C16H20N4O6S2/c1-2-26-14(22)7-10-8-27-16(17-10)18-15(23)12-3-4-13(21)20(19-12)11-5-6-28(24,25)9-11/h8,11H,2-7,9H2,1H3,(H,17,18,23)/t11-/m0/s1. The van der Waals surface area contributed by atoms with Gasteiger partial charge in [0.15, 0.2) is 15.0 Å². The van der Waals surface area contributed by atoms with E-state index >= 15 is 0 Å². The summed E-state index contributed by atoms with van der Waals surface area (Å²) in [4.78, 5) is 40.2. The first-order valence-corrected chi connectivity index (χ1v) is 11.5. The highest BCUT2D eigenvalue weighted by molar-refractivity contribution is 7.91. The summed E-state index contributed by atoms with van der Waals surface area (Å²) in [5.74, 6) is -1.31. The highest BCUT2D eigenvalue weighted by Gasteiger charge is 2.37. The van der Waals surface area contributed by atoms with Gasteiger partial charge < -0.3 is 4.74 Å². The number of hydrogen-bond acceptors (Lipinski definition) is 9. The van der Waals surface area contributed by atoms with Gasteiger partial charge in [-0.05, 0) is 13.3 Å². The molecule has 1 atom stereocenters. The van der Waals surface area contributed by atoms with Crippen molar-refractivity contribution in [3.05, 3.63) is 11.1 Å². The van der Waals surface area contributed by atoms with E-state index < -0.39 is 27.8 Å². The molecule has 1 N–H and O–H groups in total. The first kappa shape index (κ1) is 20.4. The van der Waals surface area contributed by atoms with Crippen molar-refractivity contribution in [1.29, 1.82) is 0 Å². The Bertz CT molecular complexity index is 923. The smallest absolute Gasteiger partial charge is 0.311 e. The molecule has 0 unspecified atom stereocenters. The minimum absolute atomic E-state index is 0.0135. The van der Waals surface area contributed by atoms with Gasteiger partial charge in [0.1, 0.15) is 5.71 Å². The molecular formula is C16H20N4O6S2. The Labute approximate surface area is 165 Å². The molecule has 0 saturated carbocycles. The Balaban J connectivity index is 1.65. The summed E-state index contributed by atoms with van der Waals surface area (Å²) >= 11 is 1.16. The molecule has 2 aliphatic heterocycles. The Morgan fingerprint density at radius 2 is 2.18 bits per heavy atom. The van der Waals surface area contributed by atoms with E-state index in [1.165, 1.54) is 0 Å². The molecule has 0 spiro atoms. The molecule has 0 aromatic carbocycles. The minimum Gasteiger partial charge on any atom is -0.466 e. The molecule has 0 radical (unpaired) electrons. The summed E-state index contributed by atoms with van der Waals surface area (Å²) < 4.78 is 28.2. The number of anilines is 1. The van der Waals surface area contributed by atoms with Crippen LogP contribution in [-0.2, 0) is 35.4 Å². The normalized spacial score (nSPS) is 21.3. The number of nitrogens with zero attached hydrogens (tertiary/aromatic N) is 3. The number of carbonyl (C=O) groups excluding carboxylic acids is 3. The van der Waals surface area contributed by atoms with E-state index in [9.17, 15) is 22.8 Å². The summed E-state index contributed by atoms with van der Waals surface area (Å²) in [5.41, 5.74) is 0.628. The number of nitrogens with one attached hydrogen (secondary N) is 1. The van der Waals surface area contributed by atoms with Gasteiger partial charge in [0.05, 0.1) is 36.3 Å². The van der Waals surface area contributed by atoms with Crippen LogP contribution >= 0.6 is 11.3 Å². The zero-order valence-electron chi connectivity index (χ0n) is 15.2. The molecule has 12 heteroatoms. The molecule has 2 amide bonds. The molecule has 0 aliphatic carbocycles. The second kappa shape index (κ2) is 8.35. The summed E-state index contributed by atoms with van der Waals surface area (Å²) in [6.45, 7) is 1.99. The first-order chi connectivity index (χ1) is 13.3. The highest BCUT2D eigenvalue weighted by atomic mass is 32.2. The van der Waals surface area contributed by atoms with Crippen molar-refractivity contribution in [2.45, 2.75) is 38.6 Å². The number of aromatic nitrogens is 1. The molecule has 3 rings (SSSR count). The average molecular weight is 428 g/mol. The van der Waals surface area contributed by atoms with Crippen molar-refractivity contribution < 1.29 is 27.5 Å². The van der Waals surface area contributed by atoms with Crippen LogP contribution in [0, 0.1) is 0 Å². The zero-order valence-corrected chi connectivity index (χ0v) is 16.8. The van der Waals surface area contributed by atoms with Crippen LogP contribution in [0.5, 0.6) is 0 Å². The lowest BCUT2D eigenvalue weighted by atomic mass is 10.1. The van der Waals surface area contributed by atoms with Crippen molar-refractivity contribution in [2.75, 3.05) is 23.4 Å². The Hall–Kier alpha value is -2.34. The number of hydrazone groups is 1. The fourth-order valence-corrected chi connectivity index (χ4v) is 5.36. The van der Waals surface area contributed by atoms with Gasteiger partial charge in [0, 0.05) is 18.2 Å². The summed E-state index contributed by atoms with van der Waals surface area (Å²) in [7, 11) is -3.18. The molecule has 3 heterocycles. The molecule has 1 saturated heterocycles. The van der Waals surface area contributed by atoms with E-state index in [0.717, 1.165) is 16.3 Å². The van der Waals surface area contributed by atoms with Crippen molar-refractivity contribution >= 4 is 49.8 Å². The molecule has 2 aliphatic rings. The summed E-state index contributed by atoms with van der Waals surface area (Å²) in [6, 6.07) is -0.531. The molecule has 0 bridgehead atoms. The van der Waals surface area contributed by atoms with Gasteiger partial charge in [-0.3, -0.25) is 19.7 Å². The molecule has 10 nitrogen and oxygen atoms in total. The number of carbonyl (C=O) groups is 3. The van der Waals surface area contributed by atoms with Crippen LogP contribution in [0.25, 0.3) is 0 Å². The maximum absolute atomic E-state index is 12.5. The Morgan fingerprint density at radius 1 is 1.39 bits per heavy atom. The van der Waals surface area contributed by atoms with E-state index in [1.54, 1.807) is 12.3 Å². The molecule has 152 valence electrons. The van der Waals surface area contributed by atoms with E-state index in [-0.39, 0.29) is 49.0 Å². The third-order valence-corrected chi connectivity index (χ3v) is 6.84. The predicted molar refractivity (Wildman–Crippen MR) is 102 cm³/mol. The Morgan fingerprint density at radius 3 is 2.86 bits per heavy atom. The second-order valence-corrected chi connectivity index (χ2v) is 9.51. The second-order valence-electron chi connectivity index (χ2n) is 6.42. The van der Waals surface area contributed by atoms with Crippen LogP contribution in [0.3, 0.4) is 0 Å². The van der Waals surface area contributed by atoms with Crippen LogP contribution < -0.4 is 5.32 Å². The molecular weight excluding hydrogens is 408 g/mol. The highest BCUT2D eigenvalue weighted by Crippen LogP contribution is 2.23. The van der Waals surface area contributed by atoms with E-state index in [0.29, 0.717) is 17.2 Å². The van der Waals surface area contributed by atoms with Gasteiger partial charge in [0.2, 0.25) is 5.91 Å². The maximum atomic E-state index is 12.5. The minimum atomic E-state index is -3.18. The third-order valence-electron chi connectivity index (χ3n) is 4.28. The Kier molecular flexibility index (Phi) is 6.08. The molecule has 1 aromatic heterocycles. The lowest BCUT2D eigenvalue weighted by molar-refractivity contribution is -0.142. The number of thiazole rings is 1. The average Bonchev–Trinajstić information content (AvgIpc) is 3.21. The van der Waals surface area contributed by atoms with Crippen LogP contribution in [0.4, 0.5) is 5.13 Å². The monoisotopic (exact) mass is 428 g/mol. The molecule has 28 heavy (non-hydrogen) atoms. The SMILES string of the molecule is CCOC(=O)Cc1csc(NC(=O)C2=NN([C@H]3CCS(=O)(=O)C3)C(=O)CC2)n1. The van der Waals surface area contributed by atoms with Gasteiger partial charge in [0.25, 0.3) is 5.91 Å². The van der Waals surface area contributed by atoms with Gasteiger partial charge in [-0.2, -0.15) is 5.10 Å². The van der Waals surface area contributed by atoms with Crippen molar-refractivity contribution in [2.24, 2.45) is 5.10 Å².